The number of fused-ring (bicyclic) bond motifs is 1. The zero-order valence-electron chi connectivity index (χ0n) is 7.26. The summed E-state index contributed by atoms with van der Waals surface area (Å²) in [6.07, 6.45) is 0. The summed E-state index contributed by atoms with van der Waals surface area (Å²) < 4.78 is 1.12. The number of benzene rings is 1. The van der Waals surface area contributed by atoms with Gasteiger partial charge in [0.2, 0.25) is 0 Å². The highest BCUT2D eigenvalue weighted by Crippen LogP contribution is 2.33. The highest BCUT2D eigenvalue weighted by Gasteiger charge is 2.10. The molecule has 2 rings (SSSR count). The molecule has 1 N–H and O–H groups in total. The molecule has 0 radical (unpaired) electrons. The fourth-order valence-corrected chi connectivity index (χ4v) is 2.91. The maximum Gasteiger partial charge on any atom is 0.0702 e. The first-order valence-electron chi connectivity index (χ1n) is 4.12. The molecule has 0 bridgehead atoms. The van der Waals surface area contributed by atoms with Crippen LogP contribution in [0, 0.1) is 0 Å². The first-order valence-corrected chi connectivity index (χ1v) is 5.91. The van der Waals surface area contributed by atoms with Crippen LogP contribution >= 0.6 is 34.5 Å². The molecule has 0 amide bonds. The lowest BCUT2D eigenvalue weighted by Gasteiger charge is -2.07. The van der Waals surface area contributed by atoms with Crippen LogP contribution in [0.2, 0.25) is 5.02 Å². The van der Waals surface area contributed by atoms with E-state index in [-0.39, 0.29) is 6.61 Å². The van der Waals surface area contributed by atoms with Gasteiger partial charge in [0, 0.05) is 16.1 Å². The second-order valence-corrected chi connectivity index (χ2v) is 4.55. The van der Waals surface area contributed by atoms with E-state index in [1.54, 1.807) is 11.3 Å². The minimum absolute atomic E-state index is 0.0448. The Morgan fingerprint density at radius 1 is 1.43 bits per heavy atom. The Bertz CT molecular complexity index is 464. The fraction of sp³-hybridized carbons (Fsp3) is 0.200. The van der Waals surface area contributed by atoms with Gasteiger partial charge >= 0.3 is 0 Å². The smallest absolute Gasteiger partial charge is 0.0702 e. The van der Waals surface area contributed by atoms with Crippen LogP contribution < -0.4 is 0 Å². The lowest BCUT2D eigenvalue weighted by Crippen LogP contribution is -1.90. The average Bonchev–Trinajstić information content (AvgIpc) is 2.64. The SMILES string of the molecule is OCc1c(Cl)c(CCl)cc2sccc12. The number of alkyl halides is 1. The van der Waals surface area contributed by atoms with Gasteiger partial charge in [0.15, 0.2) is 0 Å². The highest BCUT2D eigenvalue weighted by atomic mass is 35.5. The molecule has 0 saturated carbocycles. The predicted molar refractivity (Wildman–Crippen MR) is 62.3 cm³/mol. The number of aliphatic hydroxyl groups is 1. The first kappa shape index (κ1) is 10.2. The minimum Gasteiger partial charge on any atom is -0.392 e. The summed E-state index contributed by atoms with van der Waals surface area (Å²) in [4.78, 5) is 0. The summed E-state index contributed by atoms with van der Waals surface area (Å²) in [5, 5.41) is 12.8. The summed E-state index contributed by atoms with van der Waals surface area (Å²) in [7, 11) is 0. The number of hydrogen-bond donors (Lipinski definition) is 1. The Morgan fingerprint density at radius 2 is 2.21 bits per heavy atom. The number of halogens is 2. The molecule has 1 aromatic carbocycles. The van der Waals surface area contributed by atoms with E-state index in [1.165, 1.54) is 0 Å². The molecule has 0 unspecified atom stereocenters. The van der Waals surface area contributed by atoms with Gasteiger partial charge in [-0.3, -0.25) is 0 Å². The summed E-state index contributed by atoms with van der Waals surface area (Å²) in [6, 6.07) is 3.95. The van der Waals surface area contributed by atoms with Crippen molar-refractivity contribution in [2.45, 2.75) is 12.5 Å². The topological polar surface area (TPSA) is 20.2 Å². The van der Waals surface area contributed by atoms with Gasteiger partial charge in [-0.25, -0.2) is 0 Å². The van der Waals surface area contributed by atoms with E-state index in [1.807, 2.05) is 17.5 Å². The van der Waals surface area contributed by atoms with Gasteiger partial charge in [-0.1, -0.05) is 11.6 Å². The molecular weight excluding hydrogens is 239 g/mol. The Kier molecular flexibility index (Phi) is 2.98. The van der Waals surface area contributed by atoms with Crippen molar-refractivity contribution in [3.8, 4) is 0 Å². The summed E-state index contributed by atoms with van der Waals surface area (Å²) in [6.45, 7) is -0.0448. The zero-order valence-corrected chi connectivity index (χ0v) is 9.59. The molecule has 0 saturated heterocycles. The molecule has 0 aliphatic rings. The summed E-state index contributed by atoms with van der Waals surface area (Å²) >= 11 is 13.5. The van der Waals surface area contributed by atoms with Gasteiger partial charge in [-0.15, -0.1) is 22.9 Å². The highest BCUT2D eigenvalue weighted by molar-refractivity contribution is 7.17. The fourth-order valence-electron chi connectivity index (χ4n) is 1.47. The third-order valence-electron chi connectivity index (χ3n) is 2.17. The quantitative estimate of drug-likeness (QED) is 0.800. The van der Waals surface area contributed by atoms with Crippen LogP contribution in [-0.2, 0) is 12.5 Å². The van der Waals surface area contributed by atoms with Crippen LogP contribution in [-0.4, -0.2) is 5.11 Å². The van der Waals surface area contributed by atoms with Crippen molar-refractivity contribution >= 4 is 44.6 Å². The molecule has 1 heterocycles. The van der Waals surface area contributed by atoms with Crippen molar-refractivity contribution in [2.24, 2.45) is 0 Å². The van der Waals surface area contributed by atoms with E-state index in [9.17, 15) is 5.11 Å². The first-order chi connectivity index (χ1) is 6.77. The van der Waals surface area contributed by atoms with Crippen molar-refractivity contribution in [3.05, 3.63) is 33.7 Å². The maximum atomic E-state index is 9.23. The largest absolute Gasteiger partial charge is 0.392 e. The van der Waals surface area contributed by atoms with Crippen LogP contribution in [0.25, 0.3) is 10.1 Å². The molecule has 74 valence electrons. The van der Waals surface area contributed by atoms with E-state index in [4.69, 9.17) is 23.2 Å². The van der Waals surface area contributed by atoms with E-state index < -0.39 is 0 Å². The molecule has 4 heteroatoms. The Hall–Kier alpha value is -0.280. The van der Waals surface area contributed by atoms with Crippen LogP contribution in [0.1, 0.15) is 11.1 Å². The average molecular weight is 247 g/mol. The lowest BCUT2D eigenvalue weighted by atomic mass is 10.1. The molecule has 0 aliphatic heterocycles. The lowest BCUT2D eigenvalue weighted by molar-refractivity contribution is 0.283. The van der Waals surface area contributed by atoms with E-state index in [2.05, 4.69) is 0 Å². The standard InChI is InChI=1S/C10H8Cl2OS/c11-4-6-3-9-7(1-2-14-9)8(5-13)10(6)12/h1-3,13H,4-5H2. The van der Waals surface area contributed by atoms with Crippen molar-refractivity contribution in [1.29, 1.82) is 0 Å². The molecule has 2 aromatic rings. The van der Waals surface area contributed by atoms with Gasteiger partial charge in [0.1, 0.15) is 0 Å². The van der Waals surface area contributed by atoms with E-state index in [0.29, 0.717) is 10.9 Å². The van der Waals surface area contributed by atoms with Gasteiger partial charge < -0.3 is 5.11 Å². The van der Waals surface area contributed by atoms with Crippen molar-refractivity contribution in [2.75, 3.05) is 0 Å². The van der Waals surface area contributed by atoms with Crippen LogP contribution in [0.4, 0.5) is 0 Å². The third-order valence-corrected chi connectivity index (χ3v) is 3.80. The van der Waals surface area contributed by atoms with Gasteiger partial charge in [-0.2, -0.15) is 0 Å². The minimum atomic E-state index is -0.0448. The van der Waals surface area contributed by atoms with E-state index in [0.717, 1.165) is 21.2 Å². The molecule has 0 spiro atoms. The zero-order chi connectivity index (χ0) is 10.1. The predicted octanol–water partition coefficient (Wildman–Crippen LogP) is 3.79. The number of aliphatic hydroxyl groups excluding tert-OH is 1. The van der Waals surface area contributed by atoms with Gasteiger partial charge in [-0.05, 0) is 28.5 Å². The summed E-state index contributed by atoms with van der Waals surface area (Å²) in [5.41, 5.74) is 1.66. The molecule has 1 nitrogen and oxygen atoms in total. The molecule has 0 fully saturated rings. The maximum absolute atomic E-state index is 9.23. The second kappa shape index (κ2) is 4.07. The molecule has 1 aromatic heterocycles. The van der Waals surface area contributed by atoms with Crippen molar-refractivity contribution in [3.63, 3.8) is 0 Å². The van der Waals surface area contributed by atoms with Gasteiger partial charge in [0.05, 0.1) is 11.6 Å². The number of rotatable bonds is 2. The number of hydrogen-bond acceptors (Lipinski definition) is 2. The Labute approximate surface area is 95.9 Å². The normalized spacial score (nSPS) is 11.1. The van der Waals surface area contributed by atoms with Crippen molar-refractivity contribution in [1.82, 2.24) is 0 Å². The number of thiophene rings is 1. The van der Waals surface area contributed by atoms with E-state index >= 15 is 0 Å². The molecule has 0 aliphatic carbocycles. The Morgan fingerprint density at radius 3 is 2.86 bits per heavy atom. The summed E-state index contributed by atoms with van der Waals surface area (Å²) in [5.74, 6) is 0.375. The monoisotopic (exact) mass is 246 g/mol. The third kappa shape index (κ3) is 1.52. The molecule has 14 heavy (non-hydrogen) atoms. The van der Waals surface area contributed by atoms with Crippen LogP contribution in [0.3, 0.4) is 0 Å². The molecule has 0 atom stereocenters. The Balaban J connectivity index is 2.80. The second-order valence-electron chi connectivity index (χ2n) is 2.95. The molecular formula is C10H8Cl2OS. The van der Waals surface area contributed by atoms with Gasteiger partial charge in [0.25, 0.3) is 0 Å². The van der Waals surface area contributed by atoms with Crippen molar-refractivity contribution < 1.29 is 5.11 Å². The van der Waals surface area contributed by atoms with Crippen LogP contribution in [0.15, 0.2) is 17.5 Å². The van der Waals surface area contributed by atoms with Crippen LogP contribution in [0.5, 0.6) is 0 Å².